The normalized spacial score (nSPS) is 17.7. The molecule has 1 aromatic rings. The lowest BCUT2D eigenvalue weighted by atomic mass is 10.1. The molecular weight excluding hydrogens is 254 g/mol. The summed E-state index contributed by atoms with van der Waals surface area (Å²) >= 11 is 3.43. The van der Waals surface area contributed by atoms with Gasteiger partial charge in [0.25, 0.3) is 0 Å². The molecule has 0 aliphatic heterocycles. The van der Waals surface area contributed by atoms with Crippen LogP contribution < -0.4 is 5.32 Å². The Hall–Kier alpha value is -0.380. The molecule has 2 rings (SSSR count). The fourth-order valence-electron chi connectivity index (χ4n) is 1.60. The van der Waals surface area contributed by atoms with Crippen LogP contribution in [0.4, 0.5) is 0 Å². The van der Waals surface area contributed by atoms with E-state index in [0.29, 0.717) is 12.6 Å². The van der Waals surface area contributed by atoms with E-state index in [-0.39, 0.29) is 6.10 Å². The zero-order chi connectivity index (χ0) is 10.7. The van der Waals surface area contributed by atoms with Crippen LogP contribution in [0.1, 0.15) is 18.4 Å². The van der Waals surface area contributed by atoms with Gasteiger partial charge >= 0.3 is 0 Å². The summed E-state index contributed by atoms with van der Waals surface area (Å²) in [6.07, 6.45) is 2.98. The minimum atomic E-state index is -0.278. The van der Waals surface area contributed by atoms with Gasteiger partial charge in [0.05, 0.1) is 6.10 Å². The Morgan fingerprint density at radius 3 is 2.93 bits per heavy atom. The molecule has 1 aliphatic carbocycles. The average molecular weight is 270 g/mol. The predicted octanol–water partition coefficient (Wildman–Crippen LogP) is 2.10. The fourth-order valence-corrected chi connectivity index (χ4v) is 2.04. The molecule has 1 fully saturated rings. The van der Waals surface area contributed by atoms with Crippen LogP contribution in [0.2, 0.25) is 0 Å². The van der Waals surface area contributed by atoms with Gasteiger partial charge in [0.2, 0.25) is 0 Å². The molecule has 3 heteroatoms. The van der Waals surface area contributed by atoms with Crippen LogP contribution in [-0.2, 0) is 6.42 Å². The lowest BCUT2D eigenvalue weighted by Gasteiger charge is -2.11. The smallest absolute Gasteiger partial charge is 0.0704 e. The highest BCUT2D eigenvalue weighted by Crippen LogP contribution is 2.18. The van der Waals surface area contributed by atoms with Crippen LogP contribution in [0.15, 0.2) is 28.7 Å². The predicted molar refractivity (Wildman–Crippen MR) is 64.9 cm³/mol. The molecule has 2 nitrogen and oxygen atoms in total. The van der Waals surface area contributed by atoms with Gasteiger partial charge in [-0.3, -0.25) is 0 Å². The van der Waals surface area contributed by atoms with E-state index >= 15 is 0 Å². The molecule has 1 aromatic carbocycles. The quantitative estimate of drug-likeness (QED) is 0.858. The zero-order valence-electron chi connectivity index (χ0n) is 8.62. The molecule has 0 bridgehead atoms. The molecule has 15 heavy (non-hydrogen) atoms. The largest absolute Gasteiger partial charge is 0.391 e. The number of hydrogen-bond donors (Lipinski definition) is 2. The molecular formula is C12H16BrNO. The highest BCUT2D eigenvalue weighted by atomic mass is 79.9. The lowest BCUT2D eigenvalue weighted by Crippen LogP contribution is -2.29. The van der Waals surface area contributed by atoms with Crippen molar-refractivity contribution in [2.24, 2.45) is 0 Å². The molecule has 0 heterocycles. The van der Waals surface area contributed by atoms with Crippen molar-refractivity contribution < 1.29 is 5.11 Å². The molecule has 1 saturated carbocycles. The third-order valence-electron chi connectivity index (χ3n) is 2.58. The van der Waals surface area contributed by atoms with E-state index in [2.05, 4.69) is 27.3 Å². The van der Waals surface area contributed by atoms with E-state index < -0.39 is 0 Å². The summed E-state index contributed by atoms with van der Waals surface area (Å²) in [5, 5.41) is 13.1. The monoisotopic (exact) mass is 269 g/mol. The third kappa shape index (κ3) is 3.93. The van der Waals surface area contributed by atoms with Gasteiger partial charge in [0.15, 0.2) is 0 Å². The van der Waals surface area contributed by atoms with E-state index in [9.17, 15) is 5.11 Å². The maximum absolute atomic E-state index is 9.79. The van der Waals surface area contributed by atoms with Crippen LogP contribution in [0.25, 0.3) is 0 Å². The Bertz CT molecular complexity index is 325. The maximum Gasteiger partial charge on any atom is 0.0704 e. The number of halogens is 1. The highest BCUT2D eigenvalue weighted by Gasteiger charge is 2.21. The number of rotatable bonds is 5. The van der Waals surface area contributed by atoms with Gasteiger partial charge in [-0.15, -0.1) is 0 Å². The first-order valence-corrected chi connectivity index (χ1v) is 6.19. The summed E-state index contributed by atoms with van der Waals surface area (Å²) in [5.41, 5.74) is 1.18. The van der Waals surface area contributed by atoms with Crippen molar-refractivity contribution in [3.05, 3.63) is 34.3 Å². The summed E-state index contributed by atoms with van der Waals surface area (Å²) < 4.78 is 1.07. The second-order valence-corrected chi connectivity index (χ2v) is 5.09. The van der Waals surface area contributed by atoms with Gasteiger partial charge in [-0.25, -0.2) is 0 Å². The van der Waals surface area contributed by atoms with Gasteiger partial charge in [-0.1, -0.05) is 28.1 Å². The van der Waals surface area contributed by atoms with Crippen LogP contribution in [0.3, 0.4) is 0 Å². The number of benzene rings is 1. The number of aliphatic hydroxyl groups excluding tert-OH is 1. The van der Waals surface area contributed by atoms with Crippen molar-refractivity contribution in [2.45, 2.75) is 31.4 Å². The molecule has 1 aliphatic rings. The number of aliphatic hydroxyl groups is 1. The van der Waals surface area contributed by atoms with E-state index in [1.165, 1.54) is 18.4 Å². The summed E-state index contributed by atoms with van der Waals surface area (Å²) in [6, 6.07) is 8.77. The van der Waals surface area contributed by atoms with Gasteiger partial charge in [0.1, 0.15) is 0 Å². The van der Waals surface area contributed by atoms with Crippen molar-refractivity contribution in [3.8, 4) is 0 Å². The zero-order valence-corrected chi connectivity index (χ0v) is 10.2. The molecule has 0 saturated heterocycles. The van der Waals surface area contributed by atoms with Crippen molar-refractivity contribution in [1.82, 2.24) is 5.32 Å². The number of nitrogens with one attached hydrogen (secondary N) is 1. The Balaban J connectivity index is 1.79. The Morgan fingerprint density at radius 1 is 1.47 bits per heavy atom. The number of hydrogen-bond acceptors (Lipinski definition) is 2. The third-order valence-corrected chi connectivity index (χ3v) is 3.07. The minimum absolute atomic E-state index is 0.278. The average Bonchev–Trinajstić information content (AvgIpc) is 2.98. The van der Waals surface area contributed by atoms with Crippen molar-refractivity contribution in [3.63, 3.8) is 0 Å². The van der Waals surface area contributed by atoms with Crippen LogP contribution in [0.5, 0.6) is 0 Å². The SMILES string of the molecule is OC(CNC1CC1)Cc1cccc(Br)c1. The first-order chi connectivity index (χ1) is 7.24. The second kappa shape index (κ2) is 5.10. The second-order valence-electron chi connectivity index (χ2n) is 4.17. The molecule has 0 spiro atoms. The Labute approximate surface area is 98.8 Å². The molecule has 1 unspecified atom stereocenters. The van der Waals surface area contributed by atoms with Gasteiger partial charge in [-0.05, 0) is 37.0 Å². The molecule has 0 amide bonds. The standard InChI is InChI=1S/C12H16BrNO/c13-10-3-1-2-9(6-10)7-12(15)8-14-11-4-5-11/h1-3,6,11-12,14-15H,4-5,7-8H2. The van der Waals surface area contributed by atoms with E-state index in [1.54, 1.807) is 0 Å². The maximum atomic E-state index is 9.79. The van der Waals surface area contributed by atoms with Crippen molar-refractivity contribution in [1.29, 1.82) is 0 Å². The van der Waals surface area contributed by atoms with Crippen molar-refractivity contribution >= 4 is 15.9 Å². The van der Waals surface area contributed by atoms with Crippen LogP contribution in [0, 0.1) is 0 Å². The summed E-state index contributed by atoms with van der Waals surface area (Å²) in [7, 11) is 0. The van der Waals surface area contributed by atoms with E-state index in [4.69, 9.17) is 0 Å². The van der Waals surface area contributed by atoms with Gasteiger partial charge in [0, 0.05) is 17.1 Å². The topological polar surface area (TPSA) is 32.3 Å². The van der Waals surface area contributed by atoms with Crippen molar-refractivity contribution in [2.75, 3.05) is 6.54 Å². The van der Waals surface area contributed by atoms with Gasteiger partial charge < -0.3 is 10.4 Å². The summed E-state index contributed by atoms with van der Waals surface area (Å²) in [6.45, 7) is 0.706. The van der Waals surface area contributed by atoms with Gasteiger partial charge in [-0.2, -0.15) is 0 Å². The van der Waals surface area contributed by atoms with Crippen LogP contribution >= 0.6 is 15.9 Å². The summed E-state index contributed by atoms with van der Waals surface area (Å²) in [5.74, 6) is 0. The Kier molecular flexibility index (Phi) is 3.78. The molecule has 82 valence electrons. The lowest BCUT2D eigenvalue weighted by molar-refractivity contribution is 0.171. The molecule has 1 atom stereocenters. The first kappa shape index (κ1) is 11.1. The Morgan fingerprint density at radius 2 is 2.27 bits per heavy atom. The highest BCUT2D eigenvalue weighted by molar-refractivity contribution is 9.10. The molecule has 0 radical (unpaired) electrons. The van der Waals surface area contributed by atoms with Crippen LogP contribution in [-0.4, -0.2) is 23.8 Å². The fraction of sp³-hybridized carbons (Fsp3) is 0.500. The molecule has 0 aromatic heterocycles. The van der Waals surface area contributed by atoms with E-state index in [1.807, 2.05) is 18.2 Å². The first-order valence-electron chi connectivity index (χ1n) is 5.40. The summed E-state index contributed by atoms with van der Waals surface area (Å²) in [4.78, 5) is 0. The minimum Gasteiger partial charge on any atom is -0.391 e. The molecule has 2 N–H and O–H groups in total. The van der Waals surface area contributed by atoms with E-state index in [0.717, 1.165) is 10.9 Å².